The summed E-state index contributed by atoms with van der Waals surface area (Å²) in [5, 5.41) is 15.5. The van der Waals surface area contributed by atoms with Gasteiger partial charge in [-0.2, -0.15) is 0 Å². The van der Waals surface area contributed by atoms with Gasteiger partial charge in [-0.1, -0.05) is 18.1 Å². The van der Waals surface area contributed by atoms with E-state index in [1.54, 1.807) is 31.9 Å². The first-order valence-corrected chi connectivity index (χ1v) is 15.1. The summed E-state index contributed by atoms with van der Waals surface area (Å²) in [5.74, 6) is 1.89. The smallest absolute Gasteiger partial charge is 0.338 e. The van der Waals surface area contributed by atoms with E-state index < -0.39 is 23.4 Å². The molecule has 0 aliphatic carbocycles. The SMILES string of the molecule is C#Cc1cc(C)ccc1C1N=C(c2nccs2)NC(CN2CCN3C(=O)N(CC(C)(C)C(=O)O)C[C@@H]3C2)=C1C(=O)OCC. The number of carboxylic acid groups (broad SMARTS) is 1. The van der Waals surface area contributed by atoms with Gasteiger partial charge >= 0.3 is 18.0 Å². The van der Waals surface area contributed by atoms with Crippen LogP contribution in [0.15, 0.2) is 46.0 Å². The average molecular weight is 605 g/mol. The van der Waals surface area contributed by atoms with Gasteiger partial charge < -0.3 is 25.0 Å². The Morgan fingerprint density at radius 1 is 1.28 bits per heavy atom. The van der Waals surface area contributed by atoms with Gasteiger partial charge in [-0.15, -0.1) is 17.8 Å². The number of nitrogens with one attached hydrogen (secondary N) is 1. The van der Waals surface area contributed by atoms with Crippen LogP contribution in [0.4, 0.5) is 4.79 Å². The number of piperazine rings is 1. The van der Waals surface area contributed by atoms with E-state index in [2.05, 4.69) is 21.1 Å². The van der Waals surface area contributed by atoms with Crippen molar-refractivity contribution in [3.63, 3.8) is 0 Å². The van der Waals surface area contributed by atoms with E-state index in [4.69, 9.17) is 16.2 Å². The summed E-state index contributed by atoms with van der Waals surface area (Å²) in [6.07, 6.45) is 7.62. The van der Waals surface area contributed by atoms with Crippen LogP contribution in [-0.2, 0) is 14.3 Å². The van der Waals surface area contributed by atoms with Crippen molar-refractivity contribution < 1.29 is 24.2 Å². The fourth-order valence-electron chi connectivity index (χ4n) is 5.76. The molecule has 1 unspecified atom stereocenters. The number of carbonyl (C=O) groups is 3. The molecule has 226 valence electrons. The van der Waals surface area contributed by atoms with E-state index >= 15 is 0 Å². The predicted octanol–water partition coefficient (Wildman–Crippen LogP) is 2.87. The van der Waals surface area contributed by atoms with Crippen molar-refractivity contribution in [3.05, 3.63) is 62.7 Å². The number of benzene rings is 1. The zero-order chi connectivity index (χ0) is 30.9. The molecule has 2 N–H and O–H groups in total. The van der Waals surface area contributed by atoms with E-state index in [1.165, 1.54) is 11.3 Å². The average Bonchev–Trinajstić information content (AvgIpc) is 3.61. The van der Waals surface area contributed by atoms with Crippen LogP contribution in [-0.4, -0.2) is 101 Å². The maximum Gasteiger partial charge on any atom is 0.338 e. The molecule has 0 saturated carbocycles. The highest BCUT2D eigenvalue weighted by Crippen LogP contribution is 2.35. The van der Waals surface area contributed by atoms with Crippen molar-refractivity contribution in [2.24, 2.45) is 10.4 Å². The molecule has 2 amide bonds. The molecule has 0 radical (unpaired) electrons. The van der Waals surface area contributed by atoms with Gasteiger partial charge in [0.2, 0.25) is 0 Å². The van der Waals surface area contributed by atoms with E-state index in [0.29, 0.717) is 60.4 Å². The number of hydrogen-bond donors (Lipinski definition) is 2. The first-order chi connectivity index (χ1) is 20.5. The quantitative estimate of drug-likeness (QED) is 0.331. The van der Waals surface area contributed by atoms with E-state index in [9.17, 15) is 19.5 Å². The topological polar surface area (TPSA) is 128 Å². The molecular weight excluding hydrogens is 568 g/mol. The van der Waals surface area contributed by atoms with Crippen molar-refractivity contribution in [3.8, 4) is 12.3 Å². The number of carbonyl (C=O) groups excluding carboxylic acids is 2. The van der Waals surface area contributed by atoms with Gasteiger partial charge in [-0.3, -0.25) is 14.7 Å². The van der Waals surface area contributed by atoms with E-state index in [0.717, 1.165) is 11.1 Å². The van der Waals surface area contributed by atoms with Crippen LogP contribution >= 0.6 is 11.3 Å². The lowest BCUT2D eigenvalue weighted by Gasteiger charge is -2.38. The van der Waals surface area contributed by atoms with Gasteiger partial charge in [0, 0.05) is 62.1 Å². The van der Waals surface area contributed by atoms with Crippen LogP contribution in [0.5, 0.6) is 0 Å². The summed E-state index contributed by atoms with van der Waals surface area (Å²) in [5.41, 5.74) is 2.36. The molecule has 1 aromatic carbocycles. The lowest BCUT2D eigenvalue weighted by molar-refractivity contribution is -0.147. The molecule has 5 rings (SSSR count). The number of amides is 2. The number of nitrogens with zero attached hydrogens (tertiary/aromatic N) is 5. The first-order valence-electron chi connectivity index (χ1n) is 14.3. The summed E-state index contributed by atoms with van der Waals surface area (Å²) in [7, 11) is 0. The number of aliphatic imine (C=N–C) groups is 1. The van der Waals surface area contributed by atoms with E-state index in [1.807, 2.05) is 35.4 Å². The summed E-state index contributed by atoms with van der Waals surface area (Å²) < 4.78 is 5.54. The molecule has 2 fully saturated rings. The van der Waals surface area contributed by atoms with E-state index in [-0.39, 0.29) is 25.2 Å². The van der Waals surface area contributed by atoms with Crippen LogP contribution < -0.4 is 5.32 Å². The van der Waals surface area contributed by atoms with Gasteiger partial charge in [0.1, 0.15) is 6.04 Å². The monoisotopic (exact) mass is 604 g/mol. The Morgan fingerprint density at radius 3 is 2.74 bits per heavy atom. The molecule has 2 atom stereocenters. The van der Waals surface area contributed by atoms with Gasteiger partial charge in [-0.05, 0) is 44.9 Å². The number of fused-ring (bicyclic) bond motifs is 1. The molecule has 2 saturated heterocycles. The number of aryl methyl sites for hydroxylation is 1. The predicted molar refractivity (Wildman–Crippen MR) is 163 cm³/mol. The van der Waals surface area contributed by atoms with Crippen LogP contribution in [0, 0.1) is 24.7 Å². The highest BCUT2D eigenvalue weighted by atomic mass is 32.1. The summed E-state index contributed by atoms with van der Waals surface area (Å²) in [4.78, 5) is 53.5. The molecule has 3 aliphatic rings. The Kier molecular flexibility index (Phi) is 8.57. The summed E-state index contributed by atoms with van der Waals surface area (Å²) in [6, 6.07) is 4.83. The minimum Gasteiger partial charge on any atom is -0.481 e. The number of aliphatic carboxylic acids is 1. The zero-order valence-corrected chi connectivity index (χ0v) is 25.6. The summed E-state index contributed by atoms with van der Waals surface area (Å²) in [6.45, 7) is 9.76. The fraction of sp³-hybridized carbons (Fsp3) is 0.452. The zero-order valence-electron chi connectivity index (χ0n) is 24.8. The van der Waals surface area contributed by atoms with Crippen molar-refractivity contribution >= 4 is 35.1 Å². The second kappa shape index (κ2) is 12.2. The number of rotatable bonds is 9. The molecule has 12 heteroatoms. The molecule has 3 aliphatic heterocycles. The van der Waals surface area contributed by atoms with Crippen molar-refractivity contribution in [2.45, 2.75) is 39.8 Å². The van der Waals surface area contributed by atoms with Crippen LogP contribution in [0.2, 0.25) is 0 Å². The molecule has 4 heterocycles. The lowest BCUT2D eigenvalue weighted by Crippen LogP contribution is -2.53. The third-order valence-corrected chi connectivity index (χ3v) is 8.76. The normalized spacial score (nSPS) is 20.8. The molecule has 2 aromatic rings. The molecule has 0 bridgehead atoms. The molecular formula is C31H36N6O5S. The van der Waals surface area contributed by atoms with Gasteiger partial charge in [0.05, 0.1) is 23.6 Å². The number of carboxylic acids is 1. The molecule has 0 spiro atoms. The Bertz CT molecular complexity index is 1530. The molecule has 1 aromatic heterocycles. The van der Waals surface area contributed by atoms with Crippen LogP contribution in [0.3, 0.4) is 0 Å². The summed E-state index contributed by atoms with van der Waals surface area (Å²) >= 11 is 1.44. The lowest BCUT2D eigenvalue weighted by atomic mass is 9.91. The standard InChI is InChI=1S/C31H36N6O5S/c1-6-20-14-19(3)8-9-22(20)25-24(28(38)42-7-2)23(33-26(34-25)27-32-10-13-43-27)17-35-11-12-37-21(15-35)16-36(30(37)41)18-31(4,5)29(39)40/h1,8-10,13-14,21,25H,7,11-12,15-18H2,2-5H3,(H,33,34)(H,39,40)/t21-,25?/m0/s1. The number of amidine groups is 1. The Labute approximate surface area is 255 Å². The van der Waals surface area contributed by atoms with Gasteiger partial charge in [0.15, 0.2) is 10.8 Å². The second-order valence-corrected chi connectivity index (χ2v) is 12.5. The minimum atomic E-state index is -1.05. The molecule has 43 heavy (non-hydrogen) atoms. The largest absolute Gasteiger partial charge is 0.481 e. The number of terminal acetylenes is 1. The Hall–Kier alpha value is -4.21. The van der Waals surface area contributed by atoms with Gasteiger partial charge in [-0.25, -0.2) is 14.6 Å². The number of thiazole rings is 1. The number of urea groups is 1. The van der Waals surface area contributed by atoms with Crippen molar-refractivity contribution in [2.75, 3.05) is 45.9 Å². The Morgan fingerprint density at radius 2 is 2.07 bits per heavy atom. The minimum absolute atomic E-state index is 0.103. The fourth-order valence-corrected chi connectivity index (χ4v) is 6.35. The third-order valence-electron chi connectivity index (χ3n) is 7.98. The van der Waals surface area contributed by atoms with Crippen LogP contribution in [0.1, 0.15) is 48.5 Å². The van der Waals surface area contributed by atoms with Crippen molar-refractivity contribution in [1.82, 2.24) is 25.0 Å². The number of hydrogen-bond acceptors (Lipinski definition) is 9. The highest BCUT2D eigenvalue weighted by molar-refractivity contribution is 7.11. The second-order valence-electron chi connectivity index (χ2n) is 11.6. The van der Waals surface area contributed by atoms with Crippen LogP contribution in [0.25, 0.3) is 0 Å². The highest BCUT2D eigenvalue weighted by Gasteiger charge is 2.44. The number of esters is 1. The molecule has 11 nitrogen and oxygen atoms in total. The number of ether oxygens (including phenoxy) is 1. The Balaban J connectivity index is 1.47. The van der Waals surface area contributed by atoms with Crippen molar-refractivity contribution in [1.29, 1.82) is 0 Å². The maximum absolute atomic E-state index is 13.6. The number of aromatic nitrogens is 1. The first kappa shape index (κ1) is 30.3. The third kappa shape index (κ3) is 6.14. The maximum atomic E-state index is 13.6. The van der Waals surface area contributed by atoms with Gasteiger partial charge in [0.25, 0.3) is 0 Å².